The van der Waals surface area contributed by atoms with Crippen molar-refractivity contribution < 1.29 is 13.9 Å². The first-order valence-corrected chi connectivity index (χ1v) is 6.79. The van der Waals surface area contributed by atoms with Gasteiger partial charge in [0.2, 0.25) is 0 Å². The minimum Gasteiger partial charge on any atom is -0.465 e. The van der Waals surface area contributed by atoms with Crippen LogP contribution in [0.15, 0.2) is 42.5 Å². The van der Waals surface area contributed by atoms with Crippen LogP contribution >= 0.6 is 11.6 Å². The smallest absolute Gasteiger partial charge is 0.337 e. The van der Waals surface area contributed by atoms with Crippen LogP contribution in [0.25, 0.3) is 0 Å². The average molecular weight is 308 g/mol. The Hall–Kier alpha value is -2.07. The number of nitrogens with one attached hydrogen (secondary N) is 1. The van der Waals surface area contributed by atoms with Gasteiger partial charge >= 0.3 is 5.97 Å². The lowest BCUT2D eigenvalue weighted by molar-refractivity contribution is 0.0600. The van der Waals surface area contributed by atoms with Gasteiger partial charge in [-0.25, -0.2) is 9.18 Å². The highest BCUT2D eigenvalue weighted by Gasteiger charge is 2.14. The number of halogens is 2. The molecule has 1 N–H and O–H groups in total. The third-order valence-corrected chi connectivity index (χ3v) is 3.48. The summed E-state index contributed by atoms with van der Waals surface area (Å²) in [5, 5.41) is 3.62. The fraction of sp³-hybridized carbons (Fsp3) is 0.188. The van der Waals surface area contributed by atoms with Gasteiger partial charge in [-0.15, -0.1) is 0 Å². The second-order valence-electron chi connectivity index (χ2n) is 4.57. The Morgan fingerprint density at radius 3 is 2.67 bits per heavy atom. The normalized spacial score (nSPS) is 11.8. The van der Waals surface area contributed by atoms with Crippen molar-refractivity contribution in [3.8, 4) is 0 Å². The van der Waals surface area contributed by atoms with E-state index >= 15 is 0 Å². The standard InChI is InChI=1S/C16H15ClFNO2/c1-10(12-5-3-4-6-13(12)17)19-15-9-11(16(20)21-2)7-8-14(15)18/h3-10,19H,1-2H3. The topological polar surface area (TPSA) is 38.3 Å². The molecule has 1 atom stereocenters. The van der Waals surface area contributed by atoms with Crippen molar-refractivity contribution >= 4 is 23.3 Å². The van der Waals surface area contributed by atoms with Gasteiger partial charge in [0.1, 0.15) is 5.82 Å². The van der Waals surface area contributed by atoms with E-state index in [1.165, 1.54) is 25.3 Å². The van der Waals surface area contributed by atoms with Crippen molar-refractivity contribution in [2.45, 2.75) is 13.0 Å². The number of ether oxygens (including phenoxy) is 1. The van der Waals surface area contributed by atoms with Crippen molar-refractivity contribution in [2.75, 3.05) is 12.4 Å². The molecule has 0 fully saturated rings. The minimum absolute atomic E-state index is 0.207. The van der Waals surface area contributed by atoms with Crippen LogP contribution in [-0.4, -0.2) is 13.1 Å². The maximum atomic E-state index is 13.9. The quantitative estimate of drug-likeness (QED) is 0.849. The number of hydrogen-bond donors (Lipinski definition) is 1. The second-order valence-corrected chi connectivity index (χ2v) is 4.98. The molecule has 0 spiro atoms. The third-order valence-electron chi connectivity index (χ3n) is 3.13. The molecule has 21 heavy (non-hydrogen) atoms. The Labute approximate surface area is 127 Å². The monoisotopic (exact) mass is 307 g/mol. The third kappa shape index (κ3) is 3.52. The van der Waals surface area contributed by atoms with Gasteiger partial charge in [-0.3, -0.25) is 0 Å². The predicted molar refractivity (Wildman–Crippen MR) is 81.2 cm³/mol. The molecule has 2 aromatic rings. The van der Waals surface area contributed by atoms with E-state index in [0.29, 0.717) is 5.02 Å². The van der Waals surface area contributed by atoms with Gasteiger partial charge in [0.25, 0.3) is 0 Å². The average Bonchev–Trinajstić information content (AvgIpc) is 2.49. The Bertz CT molecular complexity index is 660. The van der Waals surface area contributed by atoms with Crippen LogP contribution in [0.3, 0.4) is 0 Å². The molecule has 0 aliphatic rings. The van der Waals surface area contributed by atoms with Gasteiger partial charge in [0.15, 0.2) is 0 Å². The Kier molecular flexibility index (Phi) is 4.81. The number of carbonyl (C=O) groups is 1. The molecule has 0 amide bonds. The number of anilines is 1. The summed E-state index contributed by atoms with van der Waals surface area (Å²) in [5.74, 6) is -0.954. The summed E-state index contributed by atoms with van der Waals surface area (Å²) >= 11 is 6.12. The van der Waals surface area contributed by atoms with Crippen molar-refractivity contribution in [3.63, 3.8) is 0 Å². The summed E-state index contributed by atoms with van der Waals surface area (Å²) in [5.41, 5.74) is 1.36. The number of benzene rings is 2. The first-order valence-electron chi connectivity index (χ1n) is 6.41. The number of methoxy groups -OCH3 is 1. The fourth-order valence-corrected chi connectivity index (χ4v) is 2.32. The maximum Gasteiger partial charge on any atom is 0.337 e. The van der Waals surface area contributed by atoms with E-state index in [9.17, 15) is 9.18 Å². The molecule has 0 saturated carbocycles. The Morgan fingerprint density at radius 2 is 2.00 bits per heavy atom. The lowest BCUT2D eigenvalue weighted by atomic mass is 10.1. The van der Waals surface area contributed by atoms with Gasteiger partial charge in [-0.1, -0.05) is 29.8 Å². The molecular weight excluding hydrogens is 293 g/mol. The maximum absolute atomic E-state index is 13.9. The van der Waals surface area contributed by atoms with Gasteiger partial charge < -0.3 is 10.1 Å². The van der Waals surface area contributed by atoms with E-state index in [1.54, 1.807) is 6.07 Å². The highest BCUT2D eigenvalue weighted by molar-refractivity contribution is 6.31. The van der Waals surface area contributed by atoms with Crippen LogP contribution in [0.4, 0.5) is 10.1 Å². The molecule has 0 bridgehead atoms. The number of rotatable bonds is 4. The van der Waals surface area contributed by atoms with Crippen LogP contribution in [0.1, 0.15) is 28.9 Å². The van der Waals surface area contributed by atoms with Crippen LogP contribution in [-0.2, 0) is 4.74 Å². The van der Waals surface area contributed by atoms with Gasteiger partial charge in [0, 0.05) is 5.02 Å². The predicted octanol–water partition coefficient (Wildman–Crippen LogP) is 4.44. The van der Waals surface area contributed by atoms with Gasteiger partial charge in [-0.2, -0.15) is 0 Å². The summed E-state index contributed by atoms with van der Waals surface area (Å²) in [4.78, 5) is 11.5. The van der Waals surface area contributed by atoms with Crippen LogP contribution < -0.4 is 5.32 Å². The molecule has 0 aliphatic heterocycles. The molecular formula is C16H15ClFNO2. The zero-order chi connectivity index (χ0) is 15.4. The molecule has 3 nitrogen and oxygen atoms in total. The van der Waals surface area contributed by atoms with E-state index in [4.69, 9.17) is 11.6 Å². The molecule has 0 aromatic heterocycles. The summed E-state index contributed by atoms with van der Waals surface area (Å²) < 4.78 is 18.5. The molecule has 110 valence electrons. The molecule has 0 heterocycles. The molecule has 2 rings (SSSR count). The lowest BCUT2D eigenvalue weighted by Crippen LogP contribution is -2.10. The van der Waals surface area contributed by atoms with E-state index in [-0.39, 0.29) is 17.3 Å². The van der Waals surface area contributed by atoms with Crippen molar-refractivity contribution in [1.29, 1.82) is 0 Å². The van der Waals surface area contributed by atoms with Gasteiger partial charge in [-0.05, 0) is 36.8 Å². The van der Waals surface area contributed by atoms with E-state index in [1.807, 2.05) is 25.1 Å². The molecule has 0 aliphatic carbocycles. The minimum atomic E-state index is -0.511. The summed E-state index contributed by atoms with van der Waals surface area (Å²) in [6, 6.07) is 11.2. The molecule has 2 aromatic carbocycles. The molecule has 5 heteroatoms. The summed E-state index contributed by atoms with van der Waals surface area (Å²) in [7, 11) is 1.28. The summed E-state index contributed by atoms with van der Waals surface area (Å²) in [6.07, 6.45) is 0. The summed E-state index contributed by atoms with van der Waals surface area (Å²) in [6.45, 7) is 1.87. The Balaban J connectivity index is 2.27. The van der Waals surface area contributed by atoms with E-state index in [2.05, 4.69) is 10.1 Å². The molecule has 0 radical (unpaired) electrons. The fourth-order valence-electron chi connectivity index (χ4n) is 2.02. The largest absolute Gasteiger partial charge is 0.465 e. The van der Waals surface area contributed by atoms with Crippen LogP contribution in [0, 0.1) is 5.82 Å². The lowest BCUT2D eigenvalue weighted by Gasteiger charge is -2.18. The van der Waals surface area contributed by atoms with Crippen molar-refractivity contribution in [1.82, 2.24) is 0 Å². The van der Waals surface area contributed by atoms with E-state index < -0.39 is 11.8 Å². The first kappa shape index (κ1) is 15.3. The van der Waals surface area contributed by atoms with E-state index in [0.717, 1.165) is 5.56 Å². The molecule has 1 unspecified atom stereocenters. The zero-order valence-electron chi connectivity index (χ0n) is 11.7. The zero-order valence-corrected chi connectivity index (χ0v) is 12.4. The number of carbonyl (C=O) groups excluding carboxylic acids is 1. The Morgan fingerprint density at radius 1 is 1.29 bits per heavy atom. The van der Waals surface area contributed by atoms with Crippen molar-refractivity contribution in [3.05, 3.63) is 64.4 Å². The van der Waals surface area contributed by atoms with Gasteiger partial charge in [0.05, 0.1) is 24.4 Å². The molecule has 0 saturated heterocycles. The number of hydrogen-bond acceptors (Lipinski definition) is 3. The second kappa shape index (κ2) is 6.59. The first-order chi connectivity index (χ1) is 10.0. The van der Waals surface area contributed by atoms with Crippen LogP contribution in [0.5, 0.6) is 0 Å². The number of esters is 1. The highest BCUT2D eigenvalue weighted by Crippen LogP contribution is 2.27. The highest BCUT2D eigenvalue weighted by atomic mass is 35.5. The SMILES string of the molecule is COC(=O)c1ccc(F)c(NC(C)c2ccccc2Cl)c1. The van der Waals surface area contributed by atoms with Crippen molar-refractivity contribution in [2.24, 2.45) is 0 Å². The van der Waals surface area contributed by atoms with Crippen LogP contribution in [0.2, 0.25) is 5.02 Å².